The Balaban J connectivity index is 2.25. The Kier molecular flexibility index (Phi) is 3.12. The highest BCUT2D eigenvalue weighted by Crippen LogP contribution is 2.24. The van der Waals surface area contributed by atoms with Crippen LogP contribution in [0.3, 0.4) is 0 Å². The van der Waals surface area contributed by atoms with Crippen molar-refractivity contribution < 1.29 is 5.11 Å². The molecule has 0 fully saturated rings. The third kappa shape index (κ3) is 2.17. The van der Waals surface area contributed by atoms with Gasteiger partial charge in [-0.1, -0.05) is 28.1 Å². The number of aryl methyl sites for hydroxylation is 1. The molecule has 0 atom stereocenters. The molecule has 0 aliphatic carbocycles. The number of hydrogen-bond donors (Lipinski definition) is 1. The van der Waals surface area contributed by atoms with Crippen LogP contribution in [0.5, 0.6) is 0 Å². The van der Waals surface area contributed by atoms with Crippen LogP contribution in [0.4, 0.5) is 0 Å². The second kappa shape index (κ2) is 4.79. The molecule has 2 aromatic carbocycles. The Morgan fingerprint density at radius 2 is 2.05 bits per heavy atom. The Bertz CT molecular complexity index is 749. The standard InChI is InChI=1S/C15H13BrN2O/c1-10-14-7-11(9-19)5-6-15(14)18(17-10)13-4-2-3-12(16)8-13/h2-8,19H,9H2,1H3. The minimum atomic E-state index is 0.0530. The monoisotopic (exact) mass is 316 g/mol. The number of benzene rings is 2. The van der Waals surface area contributed by atoms with Gasteiger partial charge in [-0.25, -0.2) is 4.68 Å². The molecule has 1 N–H and O–H groups in total. The molecule has 0 saturated carbocycles. The molecule has 3 rings (SSSR count). The summed E-state index contributed by atoms with van der Waals surface area (Å²) in [6.07, 6.45) is 0. The first kappa shape index (κ1) is 12.4. The van der Waals surface area contributed by atoms with Gasteiger partial charge in [-0.3, -0.25) is 0 Å². The molecule has 0 radical (unpaired) electrons. The van der Waals surface area contributed by atoms with E-state index in [0.717, 1.165) is 32.3 Å². The summed E-state index contributed by atoms with van der Waals surface area (Å²) in [5.41, 5.74) is 3.94. The average molecular weight is 317 g/mol. The van der Waals surface area contributed by atoms with Crippen molar-refractivity contribution in [2.45, 2.75) is 13.5 Å². The lowest BCUT2D eigenvalue weighted by Crippen LogP contribution is -1.96. The summed E-state index contributed by atoms with van der Waals surface area (Å²) in [6, 6.07) is 14.0. The van der Waals surface area contributed by atoms with Crippen molar-refractivity contribution in [3.8, 4) is 5.69 Å². The topological polar surface area (TPSA) is 38.0 Å². The van der Waals surface area contributed by atoms with Crippen LogP contribution in [0.15, 0.2) is 46.9 Å². The van der Waals surface area contributed by atoms with E-state index in [4.69, 9.17) is 0 Å². The Hall–Kier alpha value is -1.65. The Labute approximate surface area is 119 Å². The minimum Gasteiger partial charge on any atom is -0.392 e. The van der Waals surface area contributed by atoms with Gasteiger partial charge in [0.1, 0.15) is 0 Å². The normalized spacial score (nSPS) is 11.1. The lowest BCUT2D eigenvalue weighted by molar-refractivity contribution is 0.282. The Morgan fingerprint density at radius 1 is 1.21 bits per heavy atom. The quantitative estimate of drug-likeness (QED) is 0.784. The van der Waals surface area contributed by atoms with Gasteiger partial charge >= 0.3 is 0 Å². The van der Waals surface area contributed by atoms with Crippen molar-refractivity contribution in [3.63, 3.8) is 0 Å². The van der Waals surface area contributed by atoms with E-state index in [2.05, 4.69) is 21.0 Å². The van der Waals surface area contributed by atoms with Gasteiger partial charge in [-0.05, 0) is 42.8 Å². The van der Waals surface area contributed by atoms with Crippen molar-refractivity contribution in [2.75, 3.05) is 0 Å². The SMILES string of the molecule is Cc1nn(-c2cccc(Br)c2)c2ccc(CO)cc12. The van der Waals surface area contributed by atoms with E-state index in [9.17, 15) is 5.11 Å². The minimum absolute atomic E-state index is 0.0530. The van der Waals surface area contributed by atoms with Crippen LogP contribution in [0, 0.1) is 6.92 Å². The molecule has 19 heavy (non-hydrogen) atoms. The molecule has 1 heterocycles. The lowest BCUT2D eigenvalue weighted by Gasteiger charge is -2.04. The predicted molar refractivity (Wildman–Crippen MR) is 79.4 cm³/mol. The second-order valence-electron chi connectivity index (χ2n) is 4.49. The third-order valence-electron chi connectivity index (χ3n) is 3.16. The van der Waals surface area contributed by atoms with E-state index in [0.29, 0.717) is 0 Å². The van der Waals surface area contributed by atoms with E-state index in [1.54, 1.807) is 0 Å². The zero-order chi connectivity index (χ0) is 13.4. The highest BCUT2D eigenvalue weighted by atomic mass is 79.9. The molecular formula is C15H13BrN2O. The van der Waals surface area contributed by atoms with Crippen molar-refractivity contribution >= 4 is 26.8 Å². The summed E-state index contributed by atoms with van der Waals surface area (Å²) in [4.78, 5) is 0. The van der Waals surface area contributed by atoms with E-state index in [-0.39, 0.29) is 6.61 Å². The summed E-state index contributed by atoms with van der Waals surface area (Å²) < 4.78 is 2.95. The van der Waals surface area contributed by atoms with E-state index < -0.39 is 0 Å². The predicted octanol–water partition coefficient (Wildman–Crippen LogP) is 3.59. The zero-order valence-electron chi connectivity index (χ0n) is 10.5. The van der Waals surface area contributed by atoms with Gasteiger partial charge < -0.3 is 5.11 Å². The molecule has 4 heteroatoms. The number of rotatable bonds is 2. The molecule has 3 nitrogen and oxygen atoms in total. The fourth-order valence-corrected chi connectivity index (χ4v) is 2.61. The number of fused-ring (bicyclic) bond motifs is 1. The zero-order valence-corrected chi connectivity index (χ0v) is 12.1. The number of halogens is 1. The highest BCUT2D eigenvalue weighted by molar-refractivity contribution is 9.10. The van der Waals surface area contributed by atoms with Crippen molar-refractivity contribution in [3.05, 3.63) is 58.2 Å². The first-order valence-electron chi connectivity index (χ1n) is 6.04. The summed E-state index contributed by atoms with van der Waals surface area (Å²) >= 11 is 3.48. The van der Waals surface area contributed by atoms with Crippen LogP contribution in [0.1, 0.15) is 11.3 Å². The average Bonchev–Trinajstić information content (AvgIpc) is 2.76. The number of nitrogens with zero attached hydrogens (tertiary/aromatic N) is 2. The molecule has 0 saturated heterocycles. The molecule has 1 aromatic heterocycles. The van der Waals surface area contributed by atoms with Crippen LogP contribution >= 0.6 is 15.9 Å². The summed E-state index contributed by atoms with van der Waals surface area (Å²) in [6.45, 7) is 2.04. The number of aliphatic hydroxyl groups excluding tert-OH is 1. The van der Waals surface area contributed by atoms with E-state index in [1.807, 2.05) is 54.1 Å². The number of hydrogen-bond acceptors (Lipinski definition) is 2. The summed E-state index contributed by atoms with van der Waals surface area (Å²) in [5, 5.41) is 14.9. The molecule has 0 aliphatic rings. The maximum absolute atomic E-state index is 9.21. The highest BCUT2D eigenvalue weighted by Gasteiger charge is 2.09. The van der Waals surface area contributed by atoms with Gasteiger partial charge in [0.25, 0.3) is 0 Å². The maximum Gasteiger partial charge on any atom is 0.0744 e. The third-order valence-corrected chi connectivity index (χ3v) is 3.66. The van der Waals surface area contributed by atoms with Crippen LogP contribution in [-0.2, 0) is 6.61 Å². The Morgan fingerprint density at radius 3 is 2.79 bits per heavy atom. The fourth-order valence-electron chi connectivity index (χ4n) is 2.22. The largest absolute Gasteiger partial charge is 0.392 e. The number of aromatic nitrogens is 2. The molecule has 96 valence electrons. The molecule has 0 bridgehead atoms. The molecule has 0 unspecified atom stereocenters. The molecule has 0 amide bonds. The van der Waals surface area contributed by atoms with Gasteiger partial charge in [0.15, 0.2) is 0 Å². The van der Waals surface area contributed by atoms with Gasteiger partial charge in [-0.2, -0.15) is 5.10 Å². The van der Waals surface area contributed by atoms with Gasteiger partial charge in [0.05, 0.1) is 23.5 Å². The van der Waals surface area contributed by atoms with Crippen molar-refractivity contribution in [1.29, 1.82) is 0 Å². The summed E-state index contributed by atoms with van der Waals surface area (Å²) in [5.74, 6) is 0. The van der Waals surface area contributed by atoms with Crippen LogP contribution in [0.25, 0.3) is 16.6 Å². The number of aliphatic hydroxyl groups is 1. The van der Waals surface area contributed by atoms with E-state index in [1.165, 1.54) is 0 Å². The maximum atomic E-state index is 9.21. The first-order chi connectivity index (χ1) is 9.19. The van der Waals surface area contributed by atoms with E-state index >= 15 is 0 Å². The van der Waals surface area contributed by atoms with Gasteiger partial charge in [-0.15, -0.1) is 0 Å². The van der Waals surface area contributed by atoms with Crippen LogP contribution in [0.2, 0.25) is 0 Å². The molecule has 3 aromatic rings. The van der Waals surface area contributed by atoms with Gasteiger partial charge in [0.2, 0.25) is 0 Å². The second-order valence-corrected chi connectivity index (χ2v) is 5.40. The lowest BCUT2D eigenvalue weighted by atomic mass is 10.1. The smallest absolute Gasteiger partial charge is 0.0744 e. The first-order valence-corrected chi connectivity index (χ1v) is 6.83. The summed E-state index contributed by atoms with van der Waals surface area (Å²) in [7, 11) is 0. The van der Waals surface area contributed by atoms with Gasteiger partial charge in [0, 0.05) is 9.86 Å². The molecule has 0 aliphatic heterocycles. The van der Waals surface area contributed by atoms with Crippen molar-refractivity contribution in [2.24, 2.45) is 0 Å². The van der Waals surface area contributed by atoms with Crippen LogP contribution < -0.4 is 0 Å². The van der Waals surface area contributed by atoms with Crippen LogP contribution in [-0.4, -0.2) is 14.9 Å². The molecule has 0 spiro atoms. The molecular weight excluding hydrogens is 304 g/mol. The fraction of sp³-hybridized carbons (Fsp3) is 0.133. The van der Waals surface area contributed by atoms with Crippen molar-refractivity contribution in [1.82, 2.24) is 9.78 Å².